The van der Waals surface area contributed by atoms with Crippen LogP contribution < -0.4 is 0 Å². The summed E-state index contributed by atoms with van der Waals surface area (Å²) in [6, 6.07) is 9.94. The normalized spacial score (nSPS) is 23.4. The first-order valence-electron chi connectivity index (χ1n) is 10.9. The third-order valence-electron chi connectivity index (χ3n) is 5.57. The summed E-state index contributed by atoms with van der Waals surface area (Å²) in [5.41, 5.74) is 2.95. The maximum absolute atomic E-state index is 12.7. The van der Waals surface area contributed by atoms with Crippen LogP contribution in [-0.2, 0) is 14.2 Å². The minimum absolute atomic E-state index is 0.0599. The van der Waals surface area contributed by atoms with E-state index in [1.807, 2.05) is 58.0 Å². The molecule has 0 aliphatic carbocycles. The minimum atomic E-state index is -0.520. The molecule has 32 heavy (non-hydrogen) atoms. The van der Waals surface area contributed by atoms with Crippen LogP contribution in [0.2, 0.25) is 0 Å². The Morgan fingerprint density at radius 3 is 2.75 bits per heavy atom. The van der Waals surface area contributed by atoms with Crippen LogP contribution in [0.3, 0.4) is 0 Å². The molecule has 0 spiro atoms. The summed E-state index contributed by atoms with van der Waals surface area (Å²) in [4.78, 5) is 24.2. The number of rotatable bonds is 3. The lowest BCUT2D eigenvalue weighted by atomic mass is 10.0. The molecular formula is C24H27N3O4S. The molecule has 0 radical (unpaired) electrons. The summed E-state index contributed by atoms with van der Waals surface area (Å²) in [7, 11) is 0. The molecule has 2 aromatic heterocycles. The van der Waals surface area contributed by atoms with Gasteiger partial charge in [-0.15, -0.1) is 11.3 Å². The number of aromatic nitrogens is 2. The van der Waals surface area contributed by atoms with Crippen molar-refractivity contribution in [2.75, 3.05) is 6.54 Å². The maximum atomic E-state index is 12.7. The van der Waals surface area contributed by atoms with Gasteiger partial charge in [-0.05, 0) is 52.7 Å². The van der Waals surface area contributed by atoms with Crippen LogP contribution in [0.15, 0.2) is 35.7 Å². The van der Waals surface area contributed by atoms with E-state index in [1.165, 1.54) is 0 Å². The Bertz CT molecular complexity index is 1150. The number of nitrogens with zero attached hydrogens (tertiary/aromatic N) is 3. The molecule has 2 aliphatic rings. The van der Waals surface area contributed by atoms with Gasteiger partial charge in [-0.25, -0.2) is 14.8 Å². The molecule has 2 aliphatic heterocycles. The van der Waals surface area contributed by atoms with Gasteiger partial charge in [-0.3, -0.25) is 4.90 Å². The summed E-state index contributed by atoms with van der Waals surface area (Å²) in [6.45, 7) is 8.22. The molecule has 1 amide bonds. The van der Waals surface area contributed by atoms with Crippen LogP contribution in [0.4, 0.5) is 4.79 Å². The average molecular weight is 454 g/mol. The lowest BCUT2D eigenvalue weighted by Gasteiger charge is -2.33. The van der Waals surface area contributed by atoms with Crippen molar-refractivity contribution in [3.05, 3.63) is 46.4 Å². The van der Waals surface area contributed by atoms with Gasteiger partial charge in [0.1, 0.15) is 10.6 Å². The highest BCUT2D eigenvalue weighted by atomic mass is 32.1. The highest BCUT2D eigenvalue weighted by molar-refractivity contribution is 7.10. The number of benzene rings is 1. The van der Waals surface area contributed by atoms with Gasteiger partial charge in [0.15, 0.2) is 6.29 Å². The lowest BCUT2D eigenvalue weighted by molar-refractivity contribution is -0.383. The number of ether oxygens (including phenoxy) is 3. The lowest BCUT2D eigenvalue weighted by Crippen LogP contribution is -2.36. The summed E-state index contributed by atoms with van der Waals surface area (Å²) >= 11 is 1.58. The molecule has 0 N–H and O–H groups in total. The molecule has 168 valence electrons. The Labute approximate surface area is 191 Å². The van der Waals surface area contributed by atoms with Gasteiger partial charge in [0, 0.05) is 22.9 Å². The Balaban J connectivity index is 1.47. The highest BCUT2D eigenvalue weighted by Crippen LogP contribution is 2.39. The first kappa shape index (κ1) is 21.3. The van der Waals surface area contributed by atoms with Crippen LogP contribution >= 0.6 is 11.3 Å². The zero-order valence-corrected chi connectivity index (χ0v) is 19.5. The SMILES string of the molecule is CC1OC(c2cc(-c3csc([C@@H]4CCCN4C(=O)OC(C)(C)C)n3)c3ccccc3n2)O1. The van der Waals surface area contributed by atoms with E-state index < -0.39 is 11.9 Å². The summed E-state index contributed by atoms with van der Waals surface area (Å²) in [5.74, 6) is 0. The highest BCUT2D eigenvalue weighted by Gasteiger charge is 2.35. The zero-order chi connectivity index (χ0) is 22.5. The molecule has 7 nitrogen and oxygen atoms in total. The number of amides is 1. The van der Waals surface area contributed by atoms with Gasteiger partial charge in [0.05, 0.1) is 22.9 Å². The van der Waals surface area contributed by atoms with E-state index in [9.17, 15) is 4.79 Å². The van der Waals surface area contributed by atoms with E-state index in [4.69, 9.17) is 24.2 Å². The van der Waals surface area contributed by atoms with Crippen molar-refractivity contribution in [2.45, 2.75) is 64.8 Å². The Hall–Kier alpha value is -2.55. The second-order valence-electron chi connectivity index (χ2n) is 9.19. The summed E-state index contributed by atoms with van der Waals surface area (Å²) in [6.07, 6.45) is 0.876. The van der Waals surface area contributed by atoms with Crippen molar-refractivity contribution < 1.29 is 19.0 Å². The van der Waals surface area contributed by atoms with E-state index in [0.29, 0.717) is 6.54 Å². The Kier molecular flexibility index (Phi) is 5.39. The van der Waals surface area contributed by atoms with Crippen molar-refractivity contribution in [2.24, 2.45) is 0 Å². The first-order valence-corrected chi connectivity index (χ1v) is 11.8. The standard InChI is InChI=1S/C24H27N3O4S/c1-14-29-22(30-14)18-12-16(15-8-5-6-9-17(15)25-18)19-13-32-21(26-19)20-10-7-11-27(20)23(28)31-24(2,3)4/h5-6,8-9,12-14,20,22H,7,10-11H2,1-4H3/t14?,20-,22?/m0/s1. The molecule has 0 saturated carbocycles. The van der Waals surface area contributed by atoms with E-state index in [2.05, 4.69) is 5.38 Å². The fraction of sp³-hybridized carbons (Fsp3) is 0.458. The third-order valence-corrected chi connectivity index (χ3v) is 6.52. The monoisotopic (exact) mass is 453 g/mol. The molecule has 1 aromatic carbocycles. The van der Waals surface area contributed by atoms with Crippen molar-refractivity contribution >= 4 is 28.3 Å². The van der Waals surface area contributed by atoms with Crippen LogP contribution in [-0.4, -0.2) is 39.4 Å². The van der Waals surface area contributed by atoms with Gasteiger partial charge in [0.25, 0.3) is 0 Å². The number of para-hydroxylation sites is 1. The number of thiazole rings is 1. The Morgan fingerprint density at radius 1 is 1.22 bits per heavy atom. The molecule has 0 unspecified atom stereocenters. The van der Waals surface area contributed by atoms with Crippen LogP contribution in [0.1, 0.15) is 63.6 Å². The average Bonchev–Trinajstić information content (AvgIpc) is 3.38. The van der Waals surface area contributed by atoms with Crippen molar-refractivity contribution in [1.29, 1.82) is 0 Å². The fourth-order valence-electron chi connectivity index (χ4n) is 4.15. The number of fused-ring (bicyclic) bond motifs is 1. The van der Waals surface area contributed by atoms with Crippen LogP contribution in [0.5, 0.6) is 0 Å². The largest absolute Gasteiger partial charge is 0.444 e. The number of hydrogen-bond donors (Lipinski definition) is 0. The van der Waals surface area contributed by atoms with Gasteiger partial charge in [0.2, 0.25) is 6.29 Å². The van der Waals surface area contributed by atoms with E-state index in [0.717, 1.165) is 45.7 Å². The van der Waals surface area contributed by atoms with Crippen LogP contribution in [0, 0.1) is 0 Å². The number of hydrogen-bond acceptors (Lipinski definition) is 7. The van der Waals surface area contributed by atoms with E-state index in [1.54, 1.807) is 16.2 Å². The quantitative estimate of drug-likeness (QED) is 0.497. The van der Waals surface area contributed by atoms with Crippen molar-refractivity contribution in [3.63, 3.8) is 0 Å². The number of carbonyl (C=O) groups excluding carboxylic acids is 1. The molecule has 4 heterocycles. The van der Waals surface area contributed by atoms with E-state index in [-0.39, 0.29) is 18.4 Å². The summed E-state index contributed by atoms with van der Waals surface area (Å²) < 4.78 is 17.0. The number of pyridine rings is 1. The zero-order valence-electron chi connectivity index (χ0n) is 18.7. The first-order chi connectivity index (χ1) is 15.3. The van der Waals surface area contributed by atoms with Gasteiger partial charge >= 0.3 is 6.09 Å². The van der Waals surface area contributed by atoms with E-state index >= 15 is 0 Å². The smallest absolute Gasteiger partial charge is 0.410 e. The predicted octanol–water partition coefficient (Wildman–Crippen LogP) is 5.82. The molecule has 0 bridgehead atoms. The second kappa shape index (κ2) is 8.10. The van der Waals surface area contributed by atoms with Gasteiger partial charge in [-0.2, -0.15) is 0 Å². The molecule has 8 heteroatoms. The fourth-order valence-corrected chi connectivity index (χ4v) is 5.12. The summed E-state index contributed by atoms with van der Waals surface area (Å²) in [5, 5.41) is 4.00. The molecule has 1 atom stereocenters. The van der Waals surface area contributed by atoms with Crippen molar-refractivity contribution in [1.82, 2.24) is 14.9 Å². The minimum Gasteiger partial charge on any atom is -0.444 e. The third kappa shape index (κ3) is 4.10. The van der Waals surface area contributed by atoms with Crippen LogP contribution in [0.25, 0.3) is 22.2 Å². The molecule has 2 saturated heterocycles. The van der Waals surface area contributed by atoms with Crippen molar-refractivity contribution in [3.8, 4) is 11.3 Å². The molecule has 2 fully saturated rings. The van der Waals surface area contributed by atoms with Gasteiger partial charge < -0.3 is 14.2 Å². The molecular weight excluding hydrogens is 426 g/mol. The van der Waals surface area contributed by atoms with Gasteiger partial charge in [-0.1, -0.05) is 18.2 Å². The molecule has 5 rings (SSSR count). The number of likely N-dealkylation sites (tertiary alicyclic amines) is 1. The second-order valence-corrected chi connectivity index (χ2v) is 10.1. The maximum Gasteiger partial charge on any atom is 0.410 e. The number of carbonyl (C=O) groups is 1. The topological polar surface area (TPSA) is 73.8 Å². The Morgan fingerprint density at radius 2 is 2.00 bits per heavy atom. The predicted molar refractivity (Wildman–Crippen MR) is 122 cm³/mol. The molecule has 3 aromatic rings.